The van der Waals surface area contributed by atoms with E-state index in [0.717, 1.165) is 5.56 Å². The fourth-order valence-corrected chi connectivity index (χ4v) is 1.40. The number of nitrogens with two attached hydrogens (primary N) is 1. The highest BCUT2D eigenvalue weighted by Crippen LogP contribution is 2.20. The van der Waals surface area contributed by atoms with Gasteiger partial charge in [-0.1, -0.05) is 13.0 Å². The van der Waals surface area contributed by atoms with Crippen molar-refractivity contribution in [2.24, 2.45) is 11.7 Å². The van der Waals surface area contributed by atoms with E-state index in [2.05, 4.69) is 10.6 Å². The monoisotopic (exact) mass is 285 g/mol. The Hall–Kier alpha value is -1.59. The Balaban J connectivity index is 0.00000324. The number of carbonyl (C=O) groups is 2. The quantitative estimate of drug-likeness (QED) is 0.790. The van der Waals surface area contributed by atoms with Crippen molar-refractivity contribution in [3.05, 3.63) is 23.8 Å². The van der Waals surface area contributed by atoms with Gasteiger partial charge in [0.15, 0.2) is 0 Å². The first-order valence-electron chi connectivity index (χ1n) is 5.83. The molecule has 0 aliphatic heterocycles. The normalized spacial score (nSPS) is 11.2. The van der Waals surface area contributed by atoms with E-state index in [4.69, 9.17) is 5.73 Å². The first-order valence-corrected chi connectivity index (χ1v) is 5.83. The van der Waals surface area contributed by atoms with Crippen LogP contribution < -0.4 is 16.4 Å². The van der Waals surface area contributed by atoms with E-state index in [1.807, 2.05) is 13.0 Å². The zero-order chi connectivity index (χ0) is 13.7. The zero-order valence-corrected chi connectivity index (χ0v) is 12.1. The summed E-state index contributed by atoms with van der Waals surface area (Å²) < 4.78 is 0. The second-order valence-corrected chi connectivity index (χ2v) is 4.34. The van der Waals surface area contributed by atoms with Crippen molar-refractivity contribution < 1.29 is 9.59 Å². The number of nitrogens with one attached hydrogen (secondary N) is 2. The van der Waals surface area contributed by atoms with Crippen LogP contribution in [0.15, 0.2) is 18.2 Å². The summed E-state index contributed by atoms with van der Waals surface area (Å²) in [4.78, 5) is 22.7. The topological polar surface area (TPSA) is 84.2 Å². The summed E-state index contributed by atoms with van der Waals surface area (Å²) in [5.41, 5.74) is 7.71. The summed E-state index contributed by atoms with van der Waals surface area (Å²) in [6, 6.07) is 5.37. The van der Waals surface area contributed by atoms with Gasteiger partial charge in [0.1, 0.15) is 0 Å². The van der Waals surface area contributed by atoms with Crippen molar-refractivity contribution >= 4 is 35.6 Å². The molecule has 2 amide bonds. The summed E-state index contributed by atoms with van der Waals surface area (Å²) in [6.45, 7) is 5.40. The maximum Gasteiger partial charge on any atom is 0.228 e. The molecule has 4 N–H and O–H groups in total. The lowest BCUT2D eigenvalue weighted by Crippen LogP contribution is -2.26. The Kier molecular flexibility index (Phi) is 7.11. The molecule has 0 radical (unpaired) electrons. The highest BCUT2D eigenvalue weighted by molar-refractivity contribution is 5.94. The molecule has 0 fully saturated rings. The van der Waals surface area contributed by atoms with Gasteiger partial charge in [0.25, 0.3) is 0 Å². The number of rotatable bonds is 4. The molecule has 106 valence electrons. The van der Waals surface area contributed by atoms with Crippen LogP contribution in [0.25, 0.3) is 0 Å². The molecule has 0 saturated carbocycles. The van der Waals surface area contributed by atoms with Gasteiger partial charge in [0.2, 0.25) is 11.8 Å². The van der Waals surface area contributed by atoms with E-state index in [-0.39, 0.29) is 30.1 Å². The molecular weight excluding hydrogens is 266 g/mol. The predicted octanol–water partition coefficient (Wildman–Crippen LogP) is 1.91. The molecule has 0 saturated heterocycles. The molecule has 0 bridgehead atoms. The van der Waals surface area contributed by atoms with Gasteiger partial charge in [-0.25, -0.2) is 0 Å². The lowest BCUT2D eigenvalue weighted by atomic mass is 10.1. The van der Waals surface area contributed by atoms with Crippen LogP contribution in [0.4, 0.5) is 11.4 Å². The number of carbonyl (C=O) groups excluding carboxylic acids is 2. The number of amides is 2. The minimum absolute atomic E-state index is 0. The molecule has 19 heavy (non-hydrogen) atoms. The van der Waals surface area contributed by atoms with Gasteiger partial charge >= 0.3 is 0 Å². The highest BCUT2D eigenvalue weighted by atomic mass is 35.5. The first kappa shape index (κ1) is 17.4. The summed E-state index contributed by atoms with van der Waals surface area (Å²) in [5.74, 6) is -0.512. The number of benzene rings is 1. The van der Waals surface area contributed by atoms with Gasteiger partial charge in [-0.05, 0) is 24.6 Å². The van der Waals surface area contributed by atoms with Gasteiger partial charge < -0.3 is 16.4 Å². The minimum Gasteiger partial charge on any atom is -0.330 e. The molecule has 1 atom stereocenters. The van der Waals surface area contributed by atoms with Crippen LogP contribution in [0.3, 0.4) is 0 Å². The van der Waals surface area contributed by atoms with E-state index in [0.29, 0.717) is 17.9 Å². The van der Waals surface area contributed by atoms with E-state index in [1.54, 1.807) is 19.1 Å². The maximum atomic E-state index is 11.7. The molecule has 0 aromatic heterocycles. The molecule has 0 aliphatic carbocycles. The average Bonchev–Trinajstić information content (AvgIpc) is 2.31. The van der Waals surface area contributed by atoms with Gasteiger partial charge in [0, 0.05) is 30.8 Å². The molecule has 1 unspecified atom stereocenters. The second-order valence-electron chi connectivity index (χ2n) is 4.34. The summed E-state index contributed by atoms with van der Waals surface area (Å²) in [6.07, 6.45) is 0. The maximum absolute atomic E-state index is 11.7. The van der Waals surface area contributed by atoms with Crippen LogP contribution in [0, 0.1) is 12.8 Å². The fraction of sp³-hybridized carbons (Fsp3) is 0.385. The van der Waals surface area contributed by atoms with Crippen LogP contribution in [-0.4, -0.2) is 18.4 Å². The SMILES string of the molecule is CC(=O)Nc1cc(NC(=O)C(C)CN)ccc1C.Cl. The molecule has 1 aromatic carbocycles. The number of halogens is 1. The van der Waals surface area contributed by atoms with Crippen LogP contribution in [0.5, 0.6) is 0 Å². The Morgan fingerprint density at radius 3 is 2.47 bits per heavy atom. The van der Waals surface area contributed by atoms with Crippen molar-refractivity contribution in [2.45, 2.75) is 20.8 Å². The molecule has 0 heterocycles. The number of hydrogen-bond donors (Lipinski definition) is 3. The van der Waals surface area contributed by atoms with E-state index in [1.165, 1.54) is 6.92 Å². The highest BCUT2D eigenvalue weighted by Gasteiger charge is 2.11. The predicted molar refractivity (Wildman–Crippen MR) is 79.6 cm³/mol. The van der Waals surface area contributed by atoms with Crippen molar-refractivity contribution in [1.82, 2.24) is 0 Å². The number of aryl methyl sites for hydroxylation is 1. The van der Waals surface area contributed by atoms with Crippen molar-refractivity contribution in [1.29, 1.82) is 0 Å². The van der Waals surface area contributed by atoms with Crippen molar-refractivity contribution in [2.75, 3.05) is 17.2 Å². The second kappa shape index (κ2) is 7.76. The summed E-state index contributed by atoms with van der Waals surface area (Å²) in [5, 5.41) is 5.48. The third kappa shape index (κ3) is 5.28. The average molecular weight is 286 g/mol. The lowest BCUT2D eigenvalue weighted by Gasteiger charge is -2.12. The van der Waals surface area contributed by atoms with Crippen LogP contribution in [0.2, 0.25) is 0 Å². The number of anilines is 2. The van der Waals surface area contributed by atoms with Crippen LogP contribution in [-0.2, 0) is 9.59 Å². The first-order chi connectivity index (χ1) is 8.43. The van der Waals surface area contributed by atoms with Gasteiger partial charge in [-0.15, -0.1) is 12.4 Å². The molecule has 0 aliphatic rings. The third-order valence-corrected chi connectivity index (χ3v) is 2.62. The molecular formula is C13H20ClN3O2. The Labute approximate surface area is 119 Å². The van der Waals surface area contributed by atoms with Gasteiger partial charge in [-0.2, -0.15) is 0 Å². The van der Waals surface area contributed by atoms with Crippen LogP contribution in [0.1, 0.15) is 19.4 Å². The fourth-order valence-electron chi connectivity index (χ4n) is 1.40. The van der Waals surface area contributed by atoms with E-state index < -0.39 is 0 Å². The van der Waals surface area contributed by atoms with Crippen molar-refractivity contribution in [3.63, 3.8) is 0 Å². The standard InChI is InChI=1S/C13H19N3O2.ClH/c1-8-4-5-11(6-12(8)15-10(3)17)16-13(18)9(2)7-14;/h4-6,9H,7,14H2,1-3H3,(H,15,17)(H,16,18);1H. The molecule has 1 aromatic rings. The Morgan fingerprint density at radius 1 is 1.32 bits per heavy atom. The Morgan fingerprint density at radius 2 is 1.95 bits per heavy atom. The molecule has 0 spiro atoms. The van der Waals surface area contributed by atoms with Gasteiger partial charge in [-0.3, -0.25) is 9.59 Å². The summed E-state index contributed by atoms with van der Waals surface area (Å²) in [7, 11) is 0. The third-order valence-electron chi connectivity index (χ3n) is 2.62. The van der Waals surface area contributed by atoms with Crippen LogP contribution >= 0.6 is 12.4 Å². The summed E-state index contributed by atoms with van der Waals surface area (Å²) >= 11 is 0. The molecule has 5 nitrogen and oxygen atoms in total. The Bertz CT molecular complexity index is 463. The minimum atomic E-state index is -0.240. The van der Waals surface area contributed by atoms with E-state index >= 15 is 0 Å². The molecule has 1 rings (SSSR count). The lowest BCUT2D eigenvalue weighted by molar-refractivity contribution is -0.119. The number of hydrogen-bond acceptors (Lipinski definition) is 3. The van der Waals surface area contributed by atoms with E-state index in [9.17, 15) is 9.59 Å². The smallest absolute Gasteiger partial charge is 0.228 e. The van der Waals surface area contributed by atoms with Crippen molar-refractivity contribution in [3.8, 4) is 0 Å². The zero-order valence-electron chi connectivity index (χ0n) is 11.3. The molecule has 6 heteroatoms. The van der Waals surface area contributed by atoms with Gasteiger partial charge in [0.05, 0.1) is 0 Å². The largest absolute Gasteiger partial charge is 0.330 e.